The molecular weight excluding hydrogens is 336 g/mol. The van der Waals surface area contributed by atoms with E-state index < -0.39 is 16.0 Å². The number of carboxylic acids is 1. The zero-order valence-electron chi connectivity index (χ0n) is 9.76. The SMILES string of the molecule is N#CCCCNS(=O)(=O)c1ccc(Br)c(C(=O)O)c1. The van der Waals surface area contributed by atoms with Crippen molar-refractivity contribution < 1.29 is 18.3 Å². The van der Waals surface area contributed by atoms with Crippen LogP contribution in [0.25, 0.3) is 0 Å². The summed E-state index contributed by atoms with van der Waals surface area (Å²) >= 11 is 3.04. The Morgan fingerprint density at radius 1 is 1.47 bits per heavy atom. The van der Waals surface area contributed by atoms with Crippen LogP contribution in [-0.4, -0.2) is 26.0 Å². The van der Waals surface area contributed by atoms with Crippen molar-refractivity contribution in [2.24, 2.45) is 0 Å². The quantitative estimate of drug-likeness (QED) is 0.762. The van der Waals surface area contributed by atoms with Gasteiger partial charge in [-0.25, -0.2) is 17.9 Å². The third-order valence-electron chi connectivity index (χ3n) is 2.24. The van der Waals surface area contributed by atoms with Gasteiger partial charge in [0.1, 0.15) is 0 Å². The van der Waals surface area contributed by atoms with E-state index in [1.54, 1.807) is 0 Å². The van der Waals surface area contributed by atoms with Crippen LogP contribution in [0.15, 0.2) is 27.6 Å². The van der Waals surface area contributed by atoms with Gasteiger partial charge in [0.2, 0.25) is 10.0 Å². The van der Waals surface area contributed by atoms with E-state index >= 15 is 0 Å². The summed E-state index contributed by atoms with van der Waals surface area (Å²) in [7, 11) is -3.76. The molecular formula is C11H11BrN2O4S. The summed E-state index contributed by atoms with van der Waals surface area (Å²) in [5, 5.41) is 17.3. The molecule has 0 aliphatic rings. The van der Waals surface area contributed by atoms with Gasteiger partial charge in [0.15, 0.2) is 0 Å². The Balaban J connectivity index is 2.93. The van der Waals surface area contributed by atoms with Crippen LogP contribution < -0.4 is 4.72 Å². The number of nitriles is 1. The van der Waals surface area contributed by atoms with E-state index in [-0.39, 0.29) is 23.4 Å². The Morgan fingerprint density at radius 2 is 2.16 bits per heavy atom. The molecule has 0 atom stereocenters. The molecule has 0 saturated carbocycles. The van der Waals surface area contributed by atoms with Crippen molar-refractivity contribution in [1.82, 2.24) is 4.72 Å². The Morgan fingerprint density at radius 3 is 2.74 bits per heavy atom. The van der Waals surface area contributed by atoms with Crippen molar-refractivity contribution >= 4 is 31.9 Å². The number of rotatable bonds is 6. The molecule has 6 nitrogen and oxygen atoms in total. The Hall–Kier alpha value is -1.43. The second-order valence-corrected chi connectivity index (χ2v) is 6.23. The highest BCUT2D eigenvalue weighted by Crippen LogP contribution is 2.21. The number of aromatic carboxylic acids is 1. The highest BCUT2D eigenvalue weighted by atomic mass is 79.9. The van der Waals surface area contributed by atoms with Gasteiger partial charge < -0.3 is 5.11 Å². The van der Waals surface area contributed by atoms with Gasteiger partial charge in [0.05, 0.1) is 16.5 Å². The lowest BCUT2D eigenvalue weighted by molar-refractivity contribution is 0.0695. The molecule has 1 rings (SSSR count). The molecule has 0 spiro atoms. The summed E-state index contributed by atoms with van der Waals surface area (Å²) in [4.78, 5) is 10.8. The second-order valence-electron chi connectivity index (χ2n) is 3.61. The van der Waals surface area contributed by atoms with E-state index in [0.717, 1.165) is 6.07 Å². The van der Waals surface area contributed by atoms with E-state index in [1.807, 2.05) is 6.07 Å². The topological polar surface area (TPSA) is 107 Å². The maximum absolute atomic E-state index is 11.9. The minimum Gasteiger partial charge on any atom is -0.478 e. The first-order valence-corrected chi connectivity index (χ1v) is 7.55. The van der Waals surface area contributed by atoms with Gasteiger partial charge in [-0.05, 0) is 40.5 Å². The number of nitrogens with one attached hydrogen (secondary N) is 1. The third kappa shape index (κ3) is 4.31. The largest absolute Gasteiger partial charge is 0.478 e. The number of nitrogens with zero attached hydrogens (tertiary/aromatic N) is 1. The number of sulfonamides is 1. The molecule has 1 aromatic rings. The van der Waals surface area contributed by atoms with E-state index in [4.69, 9.17) is 10.4 Å². The van der Waals surface area contributed by atoms with Crippen molar-refractivity contribution in [3.05, 3.63) is 28.2 Å². The van der Waals surface area contributed by atoms with Crippen LogP contribution in [0.1, 0.15) is 23.2 Å². The normalized spacial score (nSPS) is 10.9. The summed E-state index contributed by atoms with van der Waals surface area (Å²) in [5.41, 5.74) is -0.125. The number of carbonyl (C=O) groups is 1. The predicted octanol–water partition coefficient (Wildman–Crippen LogP) is 1.73. The highest BCUT2D eigenvalue weighted by molar-refractivity contribution is 9.10. The average molecular weight is 347 g/mol. The molecule has 0 saturated heterocycles. The molecule has 2 N–H and O–H groups in total. The van der Waals surface area contributed by atoms with Crippen LogP contribution in [0.4, 0.5) is 0 Å². The molecule has 0 aliphatic heterocycles. The van der Waals surface area contributed by atoms with Crippen molar-refractivity contribution in [1.29, 1.82) is 5.26 Å². The maximum atomic E-state index is 11.9. The average Bonchev–Trinajstić information content (AvgIpc) is 2.34. The smallest absolute Gasteiger partial charge is 0.336 e. The standard InChI is InChI=1S/C11H11BrN2O4S/c12-10-4-3-8(7-9(10)11(15)16)19(17,18)14-6-2-1-5-13/h3-4,7,14H,1-2,6H2,(H,15,16). The van der Waals surface area contributed by atoms with Crippen LogP contribution in [0.5, 0.6) is 0 Å². The number of halogens is 1. The van der Waals surface area contributed by atoms with Crippen molar-refractivity contribution in [2.45, 2.75) is 17.7 Å². The zero-order valence-corrected chi connectivity index (χ0v) is 12.2. The summed E-state index contributed by atoms with van der Waals surface area (Å²) in [6.07, 6.45) is 0.654. The molecule has 0 aliphatic carbocycles. The molecule has 0 heterocycles. The summed E-state index contributed by atoms with van der Waals surface area (Å²) in [6, 6.07) is 5.67. The molecule has 0 fully saturated rings. The van der Waals surface area contributed by atoms with Crippen molar-refractivity contribution in [2.75, 3.05) is 6.54 Å². The molecule has 0 amide bonds. The third-order valence-corrected chi connectivity index (χ3v) is 4.39. The van der Waals surface area contributed by atoms with Gasteiger partial charge in [0, 0.05) is 17.4 Å². The fourth-order valence-corrected chi connectivity index (χ4v) is 2.81. The minimum absolute atomic E-state index is 0.120. The summed E-state index contributed by atoms with van der Waals surface area (Å²) < 4.78 is 26.4. The minimum atomic E-state index is -3.76. The van der Waals surface area contributed by atoms with Gasteiger partial charge in [-0.2, -0.15) is 5.26 Å². The van der Waals surface area contributed by atoms with E-state index in [9.17, 15) is 13.2 Å². The Bertz CT molecular complexity index is 622. The van der Waals surface area contributed by atoms with Gasteiger partial charge in [0.25, 0.3) is 0 Å². The summed E-state index contributed by atoms with van der Waals surface area (Å²) in [6.45, 7) is 0.133. The van der Waals surface area contributed by atoms with Crippen LogP contribution in [0.3, 0.4) is 0 Å². The Kier molecular flexibility index (Phi) is 5.47. The number of unbranched alkanes of at least 4 members (excludes halogenated alkanes) is 1. The molecule has 0 unspecified atom stereocenters. The van der Waals surface area contributed by atoms with Gasteiger partial charge in [-0.1, -0.05) is 0 Å². The van der Waals surface area contributed by atoms with Crippen LogP contribution in [-0.2, 0) is 10.0 Å². The highest BCUT2D eigenvalue weighted by Gasteiger charge is 2.17. The monoisotopic (exact) mass is 346 g/mol. The predicted molar refractivity (Wildman–Crippen MR) is 71.1 cm³/mol. The first-order valence-electron chi connectivity index (χ1n) is 5.28. The molecule has 0 radical (unpaired) electrons. The van der Waals surface area contributed by atoms with Crippen molar-refractivity contribution in [3.63, 3.8) is 0 Å². The molecule has 0 aromatic heterocycles. The summed E-state index contributed by atoms with van der Waals surface area (Å²) in [5.74, 6) is -1.21. The molecule has 102 valence electrons. The van der Waals surface area contributed by atoms with Crippen LogP contribution in [0.2, 0.25) is 0 Å². The fourth-order valence-electron chi connectivity index (χ4n) is 1.29. The second kappa shape index (κ2) is 6.65. The number of benzene rings is 1. The lowest BCUT2D eigenvalue weighted by Gasteiger charge is -2.07. The van der Waals surface area contributed by atoms with E-state index in [1.165, 1.54) is 12.1 Å². The van der Waals surface area contributed by atoms with Gasteiger partial charge in [-0.3, -0.25) is 0 Å². The zero-order chi connectivity index (χ0) is 14.5. The van der Waals surface area contributed by atoms with Crippen LogP contribution in [0, 0.1) is 11.3 Å². The molecule has 1 aromatic carbocycles. The van der Waals surface area contributed by atoms with E-state index in [0.29, 0.717) is 10.9 Å². The Labute approximate surface area is 119 Å². The maximum Gasteiger partial charge on any atom is 0.336 e. The molecule has 19 heavy (non-hydrogen) atoms. The number of hydrogen-bond acceptors (Lipinski definition) is 4. The molecule has 0 bridgehead atoms. The first-order chi connectivity index (χ1) is 8.88. The van der Waals surface area contributed by atoms with Crippen molar-refractivity contribution in [3.8, 4) is 6.07 Å². The van der Waals surface area contributed by atoms with Crippen LogP contribution >= 0.6 is 15.9 Å². The fraction of sp³-hybridized carbons (Fsp3) is 0.273. The lowest BCUT2D eigenvalue weighted by Crippen LogP contribution is -2.25. The van der Waals surface area contributed by atoms with E-state index in [2.05, 4.69) is 20.7 Å². The number of carboxylic acid groups (broad SMARTS) is 1. The lowest BCUT2D eigenvalue weighted by atomic mass is 10.2. The number of hydrogen-bond donors (Lipinski definition) is 2. The molecule has 8 heteroatoms. The first kappa shape index (κ1) is 15.6. The van der Waals surface area contributed by atoms with Gasteiger partial charge in [-0.15, -0.1) is 0 Å². The van der Waals surface area contributed by atoms with Gasteiger partial charge >= 0.3 is 5.97 Å².